The molecule has 1 saturated carbocycles. The van der Waals surface area contributed by atoms with E-state index in [1.807, 2.05) is 0 Å². The molecule has 2 rings (SSSR count). The van der Waals surface area contributed by atoms with Gasteiger partial charge in [-0.15, -0.1) is 0 Å². The van der Waals surface area contributed by atoms with Crippen molar-refractivity contribution in [2.24, 2.45) is 17.1 Å². The van der Waals surface area contributed by atoms with Crippen molar-refractivity contribution in [3.63, 3.8) is 0 Å². The summed E-state index contributed by atoms with van der Waals surface area (Å²) < 4.78 is 28.2. The predicted molar refractivity (Wildman–Crippen MR) is 83.0 cm³/mol. The lowest BCUT2D eigenvalue weighted by atomic mass is 9.75. The van der Waals surface area contributed by atoms with E-state index in [1.54, 1.807) is 19.1 Å². The van der Waals surface area contributed by atoms with Crippen LogP contribution in [0.3, 0.4) is 0 Å². The van der Waals surface area contributed by atoms with Gasteiger partial charge in [0.05, 0.1) is 0 Å². The van der Waals surface area contributed by atoms with E-state index in [1.165, 1.54) is 0 Å². The topological polar surface area (TPSA) is 26.0 Å². The molecule has 1 aliphatic carbocycles. The Morgan fingerprint density at radius 3 is 2.38 bits per heavy atom. The normalized spacial score (nSPS) is 27.5. The molecule has 1 aliphatic rings. The lowest BCUT2D eigenvalue weighted by molar-refractivity contribution is 0.210. The number of rotatable bonds is 1. The number of benzene rings is 1. The summed E-state index contributed by atoms with van der Waals surface area (Å²) in [4.78, 5) is 0. The average Bonchev–Trinajstić information content (AvgIpc) is 2.58. The predicted octanol–water partition coefficient (Wildman–Crippen LogP) is 5.05. The SMILES string of the molecule is Cc1ccc(C2(N)CCCC(C(C)(C)C)CC2)c(F)c1F. The average molecular weight is 295 g/mol. The Hall–Kier alpha value is -0.960. The smallest absolute Gasteiger partial charge is 0.164 e. The molecular formula is C18H27F2N. The number of halogens is 2. The van der Waals surface area contributed by atoms with Crippen LogP contribution in [0.4, 0.5) is 8.78 Å². The maximum absolute atomic E-state index is 14.3. The number of nitrogens with two attached hydrogens (primary N) is 1. The summed E-state index contributed by atoms with van der Waals surface area (Å²) in [5.74, 6) is -0.929. The molecule has 2 unspecified atom stereocenters. The molecule has 0 saturated heterocycles. The first-order chi connectivity index (χ1) is 9.65. The van der Waals surface area contributed by atoms with Crippen LogP contribution in [-0.4, -0.2) is 0 Å². The van der Waals surface area contributed by atoms with Crippen LogP contribution in [0.25, 0.3) is 0 Å². The second kappa shape index (κ2) is 5.68. The van der Waals surface area contributed by atoms with Crippen molar-refractivity contribution >= 4 is 0 Å². The van der Waals surface area contributed by atoms with Crippen LogP contribution in [0.15, 0.2) is 12.1 Å². The Balaban J connectivity index is 2.29. The van der Waals surface area contributed by atoms with Crippen molar-refractivity contribution in [3.05, 3.63) is 34.9 Å². The molecule has 1 fully saturated rings. The zero-order valence-corrected chi connectivity index (χ0v) is 13.6. The van der Waals surface area contributed by atoms with Gasteiger partial charge in [0.25, 0.3) is 0 Å². The lowest BCUT2D eigenvalue weighted by Gasteiger charge is -2.32. The summed E-state index contributed by atoms with van der Waals surface area (Å²) in [5.41, 5.74) is 6.68. The third-order valence-electron chi connectivity index (χ3n) is 5.15. The number of hydrogen-bond acceptors (Lipinski definition) is 1. The Labute approximate surface area is 126 Å². The van der Waals surface area contributed by atoms with Crippen molar-refractivity contribution < 1.29 is 8.78 Å². The Morgan fingerprint density at radius 1 is 1.10 bits per heavy atom. The summed E-state index contributed by atoms with van der Waals surface area (Å²) in [6, 6.07) is 3.31. The molecule has 0 spiro atoms. The highest BCUT2D eigenvalue weighted by Gasteiger charge is 2.36. The van der Waals surface area contributed by atoms with Gasteiger partial charge in [0.1, 0.15) is 0 Å². The maximum atomic E-state index is 14.3. The molecule has 2 atom stereocenters. The molecule has 2 N–H and O–H groups in total. The van der Waals surface area contributed by atoms with E-state index in [-0.39, 0.29) is 5.41 Å². The highest BCUT2D eigenvalue weighted by atomic mass is 19.2. The van der Waals surface area contributed by atoms with Gasteiger partial charge >= 0.3 is 0 Å². The van der Waals surface area contributed by atoms with E-state index < -0.39 is 17.2 Å². The lowest BCUT2D eigenvalue weighted by Crippen LogP contribution is -2.37. The fraction of sp³-hybridized carbons (Fsp3) is 0.667. The Bertz CT molecular complexity index is 519. The molecule has 0 aliphatic heterocycles. The van der Waals surface area contributed by atoms with Gasteiger partial charge in [-0.1, -0.05) is 39.3 Å². The molecular weight excluding hydrogens is 268 g/mol. The second-order valence-corrected chi connectivity index (χ2v) is 7.71. The molecule has 1 nitrogen and oxygen atoms in total. The highest BCUT2D eigenvalue weighted by molar-refractivity contribution is 5.31. The van der Waals surface area contributed by atoms with Crippen LogP contribution >= 0.6 is 0 Å². The molecule has 1 aromatic carbocycles. The minimum absolute atomic E-state index is 0.238. The van der Waals surface area contributed by atoms with E-state index in [4.69, 9.17) is 5.73 Å². The van der Waals surface area contributed by atoms with Crippen molar-refractivity contribution in [1.29, 1.82) is 0 Å². The van der Waals surface area contributed by atoms with E-state index >= 15 is 0 Å². The summed E-state index contributed by atoms with van der Waals surface area (Å²) in [7, 11) is 0. The monoisotopic (exact) mass is 295 g/mol. The van der Waals surface area contributed by atoms with Crippen LogP contribution in [0, 0.1) is 29.9 Å². The first-order valence-electron chi connectivity index (χ1n) is 7.89. The van der Waals surface area contributed by atoms with Crippen molar-refractivity contribution in [2.75, 3.05) is 0 Å². The minimum atomic E-state index is -0.758. The van der Waals surface area contributed by atoms with E-state index in [0.29, 0.717) is 23.5 Å². The highest BCUT2D eigenvalue weighted by Crippen LogP contribution is 2.43. The third-order valence-corrected chi connectivity index (χ3v) is 5.15. The van der Waals surface area contributed by atoms with Gasteiger partial charge in [-0.3, -0.25) is 0 Å². The molecule has 3 heteroatoms. The Kier molecular flexibility index (Phi) is 4.44. The van der Waals surface area contributed by atoms with Crippen LogP contribution < -0.4 is 5.73 Å². The molecule has 118 valence electrons. The second-order valence-electron chi connectivity index (χ2n) is 7.71. The minimum Gasteiger partial charge on any atom is -0.321 e. The number of aryl methyl sites for hydroxylation is 1. The standard InChI is InChI=1S/C18H27F2N/c1-12-7-8-14(16(20)15(12)19)18(21)10-5-6-13(9-11-18)17(2,3)4/h7-8,13H,5-6,9-11,21H2,1-4H3. The molecule has 0 heterocycles. The first-order valence-corrected chi connectivity index (χ1v) is 7.89. The summed E-state index contributed by atoms with van der Waals surface area (Å²) >= 11 is 0. The van der Waals surface area contributed by atoms with Gasteiger partial charge in [0.15, 0.2) is 11.6 Å². The van der Waals surface area contributed by atoms with Gasteiger partial charge < -0.3 is 5.73 Å². The molecule has 0 aromatic heterocycles. The van der Waals surface area contributed by atoms with Gasteiger partial charge in [0.2, 0.25) is 0 Å². The van der Waals surface area contributed by atoms with E-state index in [0.717, 1.165) is 25.7 Å². The number of hydrogen-bond donors (Lipinski definition) is 1. The summed E-state index contributed by atoms with van der Waals surface area (Å²) in [6.45, 7) is 8.31. The van der Waals surface area contributed by atoms with Gasteiger partial charge in [0, 0.05) is 11.1 Å². The van der Waals surface area contributed by atoms with Crippen LogP contribution in [0.5, 0.6) is 0 Å². The zero-order valence-electron chi connectivity index (χ0n) is 13.6. The van der Waals surface area contributed by atoms with E-state index in [9.17, 15) is 8.78 Å². The zero-order chi connectivity index (χ0) is 15.8. The van der Waals surface area contributed by atoms with Crippen LogP contribution in [0.1, 0.15) is 64.0 Å². The first kappa shape index (κ1) is 16.4. The van der Waals surface area contributed by atoms with Crippen molar-refractivity contribution in [1.82, 2.24) is 0 Å². The fourth-order valence-electron chi connectivity index (χ4n) is 3.53. The molecule has 0 radical (unpaired) electrons. The quantitative estimate of drug-likeness (QED) is 0.721. The fourth-order valence-corrected chi connectivity index (χ4v) is 3.53. The molecule has 1 aromatic rings. The summed E-state index contributed by atoms with van der Waals surface area (Å²) in [5, 5.41) is 0. The Morgan fingerprint density at radius 2 is 1.76 bits per heavy atom. The third kappa shape index (κ3) is 3.28. The van der Waals surface area contributed by atoms with Gasteiger partial charge in [-0.05, 0) is 49.5 Å². The van der Waals surface area contributed by atoms with Gasteiger partial charge in [-0.25, -0.2) is 8.78 Å². The maximum Gasteiger partial charge on any atom is 0.164 e. The van der Waals surface area contributed by atoms with Crippen LogP contribution in [-0.2, 0) is 5.54 Å². The largest absolute Gasteiger partial charge is 0.321 e. The van der Waals surface area contributed by atoms with Gasteiger partial charge in [-0.2, -0.15) is 0 Å². The van der Waals surface area contributed by atoms with E-state index in [2.05, 4.69) is 20.8 Å². The van der Waals surface area contributed by atoms with Crippen LogP contribution in [0.2, 0.25) is 0 Å². The van der Waals surface area contributed by atoms with Crippen molar-refractivity contribution in [2.45, 2.75) is 65.3 Å². The molecule has 0 bridgehead atoms. The molecule has 0 amide bonds. The van der Waals surface area contributed by atoms with Crippen molar-refractivity contribution in [3.8, 4) is 0 Å². The molecule has 21 heavy (non-hydrogen) atoms. The summed E-state index contributed by atoms with van der Waals surface area (Å²) in [6.07, 6.45) is 4.48.